The number of nitrogens with one attached hydrogen (secondary N) is 1. The highest BCUT2D eigenvalue weighted by Gasteiger charge is 2.13. The second kappa shape index (κ2) is 6.24. The van der Waals surface area contributed by atoms with Crippen LogP contribution in [0.15, 0.2) is 18.2 Å². The summed E-state index contributed by atoms with van der Waals surface area (Å²) < 4.78 is 5.92. The minimum atomic E-state index is 0.585. The first kappa shape index (κ1) is 13.4. The maximum atomic E-state index is 5.92. The SMILES string of the molecule is Cc1cc(OC[C@@H]2CCCNC2)ccc1C(C)C. The van der Waals surface area contributed by atoms with Crippen molar-refractivity contribution in [1.29, 1.82) is 0 Å². The lowest BCUT2D eigenvalue weighted by molar-refractivity contribution is 0.218. The van der Waals surface area contributed by atoms with Gasteiger partial charge in [0, 0.05) is 12.5 Å². The molecular weight excluding hydrogens is 222 g/mol. The van der Waals surface area contributed by atoms with Crippen LogP contribution in [0.2, 0.25) is 0 Å². The summed E-state index contributed by atoms with van der Waals surface area (Å²) in [6.07, 6.45) is 2.56. The van der Waals surface area contributed by atoms with Gasteiger partial charge in [0.25, 0.3) is 0 Å². The Hall–Kier alpha value is -1.02. The van der Waals surface area contributed by atoms with Gasteiger partial charge in [0.15, 0.2) is 0 Å². The zero-order chi connectivity index (χ0) is 13.0. The molecule has 0 aromatic heterocycles. The Morgan fingerprint density at radius 1 is 1.39 bits per heavy atom. The number of hydrogen-bond acceptors (Lipinski definition) is 2. The van der Waals surface area contributed by atoms with E-state index in [0.29, 0.717) is 11.8 Å². The van der Waals surface area contributed by atoms with Gasteiger partial charge in [-0.05, 0) is 55.5 Å². The summed E-state index contributed by atoms with van der Waals surface area (Å²) in [4.78, 5) is 0. The van der Waals surface area contributed by atoms with E-state index in [1.807, 2.05) is 0 Å². The average molecular weight is 247 g/mol. The van der Waals surface area contributed by atoms with Crippen LogP contribution < -0.4 is 10.1 Å². The van der Waals surface area contributed by atoms with Crippen LogP contribution in [0.25, 0.3) is 0 Å². The summed E-state index contributed by atoms with van der Waals surface area (Å²) in [5.74, 6) is 2.27. The van der Waals surface area contributed by atoms with E-state index in [1.54, 1.807) is 0 Å². The second-order valence-electron chi connectivity index (χ2n) is 5.70. The van der Waals surface area contributed by atoms with E-state index in [2.05, 4.69) is 44.3 Å². The summed E-state index contributed by atoms with van der Waals surface area (Å²) in [6, 6.07) is 6.48. The highest BCUT2D eigenvalue weighted by molar-refractivity contribution is 5.36. The maximum absolute atomic E-state index is 5.92. The standard InChI is InChI=1S/C16H25NO/c1-12(2)16-7-6-15(9-13(16)3)18-11-14-5-4-8-17-10-14/h6-7,9,12,14,17H,4-5,8,10-11H2,1-3H3/t14-/m1/s1. The summed E-state index contributed by atoms with van der Waals surface area (Å²) in [6.45, 7) is 9.74. The molecule has 0 amide bonds. The van der Waals surface area contributed by atoms with E-state index in [9.17, 15) is 0 Å². The molecule has 0 aliphatic carbocycles. The molecule has 2 rings (SSSR count). The molecule has 0 spiro atoms. The predicted octanol–water partition coefficient (Wildman–Crippen LogP) is 3.50. The molecule has 0 saturated carbocycles. The fourth-order valence-corrected chi connectivity index (χ4v) is 2.67. The normalized spacial score (nSPS) is 20.1. The second-order valence-corrected chi connectivity index (χ2v) is 5.70. The largest absolute Gasteiger partial charge is 0.493 e. The van der Waals surface area contributed by atoms with Crippen molar-refractivity contribution in [2.75, 3.05) is 19.7 Å². The van der Waals surface area contributed by atoms with Crippen LogP contribution in [0.3, 0.4) is 0 Å². The third-order valence-corrected chi connectivity index (χ3v) is 3.75. The van der Waals surface area contributed by atoms with Crippen LogP contribution in [-0.2, 0) is 0 Å². The first-order valence-corrected chi connectivity index (χ1v) is 7.11. The molecule has 1 saturated heterocycles. The van der Waals surface area contributed by atoms with Gasteiger partial charge in [0.1, 0.15) is 5.75 Å². The first-order valence-electron chi connectivity index (χ1n) is 7.11. The molecule has 1 aliphatic rings. The smallest absolute Gasteiger partial charge is 0.119 e. The van der Waals surface area contributed by atoms with Gasteiger partial charge in [0.2, 0.25) is 0 Å². The van der Waals surface area contributed by atoms with Crippen LogP contribution in [0.5, 0.6) is 5.75 Å². The zero-order valence-electron chi connectivity index (χ0n) is 11.8. The van der Waals surface area contributed by atoms with Gasteiger partial charge < -0.3 is 10.1 Å². The Morgan fingerprint density at radius 2 is 2.22 bits per heavy atom. The molecule has 1 atom stereocenters. The van der Waals surface area contributed by atoms with Crippen LogP contribution in [0.4, 0.5) is 0 Å². The molecule has 0 bridgehead atoms. The van der Waals surface area contributed by atoms with Crippen molar-refractivity contribution in [1.82, 2.24) is 5.32 Å². The van der Waals surface area contributed by atoms with Gasteiger partial charge >= 0.3 is 0 Å². The lowest BCUT2D eigenvalue weighted by Crippen LogP contribution is -2.33. The molecule has 18 heavy (non-hydrogen) atoms. The Labute approximate surface area is 111 Å². The van der Waals surface area contributed by atoms with Crippen LogP contribution in [0.1, 0.15) is 43.7 Å². The van der Waals surface area contributed by atoms with Gasteiger partial charge in [-0.2, -0.15) is 0 Å². The van der Waals surface area contributed by atoms with E-state index < -0.39 is 0 Å². The van der Waals surface area contributed by atoms with Crippen LogP contribution in [0, 0.1) is 12.8 Å². The Morgan fingerprint density at radius 3 is 2.83 bits per heavy atom. The Balaban J connectivity index is 1.91. The minimum absolute atomic E-state index is 0.585. The zero-order valence-corrected chi connectivity index (χ0v) is 11.8. The van der Waals surface area contributed by atoms with Crippen molar-refractivity contribution in [3.8, 4) is 5.75 Å². The molecule has 1 aromatic carbocycles. The third kappa shape index (κ3) is 3.49. The molecule has 1 heterocycles. The molecule has 1 aromatic rings. The predicted molar refractivity (Wildman–Crippen MR) is 76.4 cm³/mol. The number of rotatable bonds is 4. The third-order valence-electron chi connectivity index (χ3n) is 3.75. The topological polar surface area (TPSA) is 21.3 Å². The van der Waals surface area contributed by atoms with Gasteiger partial charge in [-0.3, -0.25) is 0 Å². The van der Waals surface area contributed by atoms with Crippen LogP contribution >= 0.6 is 0 Å². The number of benzene rings is 1. The molecular formula is C16H25NO. The number of piperidine rings is 1. The van der Waals surface area contributed by atoms with E-state index >= 15 is 0 Å². The van der Waals surface area contributed by atoms with Crippen LogP contribution in [-0.4, -0.2) is 19.7 Å². The monoisotopic (exact) mass is 247 g/mol. The Bertz CT molecular complexity index is 381. The molecule has 0 radical (unpaired) electrons. The van der Waals surface area contributed by atoms with E-state index in [-0.39, 0.29) is 0 Å². The van der Waals surface area contributed by atoms with Crippen molar-refractivity contribution < 1.29 is 4.74 Å². The molecule has 100 valence electrons. The van der Waals surface area contributed by atoms with Gasteiger partial charge in [-0.15, -0.1) is 0 Å². The number of aryl methyl sites for hydroxylation is 1. The summed E-state index contributed by atoms with van der Waals surface area (Å²) in [5.41, 5.74) is 2.76. The first-order chi connectivity index (χ1) is 8.66. The summed E-state index contributed by atoms with van der Waals surface area (Å²) >= 11 is 0. The van der Waals surface area contributed by atoms with E-state index in [1.165, 1.54) is 30.5 Å². The average Bonchev–Trinajstić information content (AvgIpc) is 2.37. The number of ether oxygens (including phenoxy) is 1. The molecule has 2 heteroatoms. The van der Waals surface area contributed by atoms with Gasteiger partial charge in [-0.1, -0.05) is 19.9 Å². The lowest BCUT2D eigenvalue weighted by atomic mass is 9.98. The van der Waals surface area contributed by atoms with Crippen molar-refractivity contribution in [3.63, 3.8) is 0 Å². The quantitative estimate of drug-likeness (QED) is 0.879. The molecule has 1 fully saturated rings. The minimum Gasteiger partial charge on any atom is -0.493 e. The van der Waals surface area contributed by atoms with Gasteiger partial charge in [-0.25, -0.2) is 0 Å². The fourth-order valence-electron chi connectivity index (χ4n) is 2.67. The highest BCUT2D eigenvalue weighted by atomic mass is 16.5. The maximum Gasteiger partial charge on any atom is 0.119 e. The van der Waals surface area contributed by atoms with E-state index in [4.69, 9.17) is 4.74 Å². The highest BCUT2D eigenvalue weighted by Crippen LogP contribution is 2.24. The molecule has 1 aliphatic heterocycles. The van der Waals surface area contributed by atoms with E-state index in [0.717, 1.165) is 18.9 Å². The summed E-state index contributed by atoms with van der Waals surface area (Å²) in [5, 5.41) is 3.43. The molecule has 1 N–H and O–H groups in total. The Kier molecular flexibility index (Phi) is 4.65. The number of hydrogen-bond donors (Lipinski definition) is 1. The van der Waals surface area contributed by atoms with Crippen molar-refractivity contribution >= 4 is 0 Å². The van der Waals surface area contributed by atoms with Crippen molar-refractivity contribution in [2.45, 2.75) is 39.5 Å². The lowest BCUT2D eigenvalue weighted by Gasteiger charge is -2.23. The summed E-state index contributed by atoms with van der Waals surface area (Å²) in [7, 11) is 0. The van der Waals surface area contributed by atoms with Gasteiger partial charge in [0.05, 0.1) is 6.61 Å². The van der Waals surface area contributed by atoms with Crippen molar-refractivity contribution in [3.05, 3.63) is 29.3 Å². The molecule has 2 nitrogen and oxygen atoms in total. The fraction of sp³-hybridized carbons (Fsp3) is 0.625. The van der Waals surface area contributed by atoms with Crippen molar-refractivity contribution in [2.24, 2.45) is 5.92 Å². The molecule has 0 unspecified atom stereocenters.